The maximum Gasteiger partial charge on any atom is 0.265 e. The van der Waals surface area contributed by atoms with E-state index < -0.39 is 27.9 Å². The molecule has 3 aromatic rings. The lowest BCUT2D eigenvalue weighted by Gasteiger charge is -2.17. The second kappa shape index (κ2) is 10.0. The van der Waals surface area contributed by atoms with Crippen molar-refractivity contribution in [3.8, 4) is 5.75 Å². The molecule has 2 N–H and O–H groups in total. The van der Waals surface area contributed by atoms with Crippen LogP contribution < -0.4 is 14.8 Å². The number of rotatable bonds is 8. The number of benzene rings is 3. The van der Waals surface area contributed by atoms with Crippen molar-refractivity contribution in [3.63, 3.8) is 0 Å². The van der Waals surface area contributed by atoms with Crippen LogP contribution in [0, 0.1) is 12.7 Å². The molecule has 0 unspecified atom stereocenters. The minimum Gasteiger partial charge on any atom is -0.481 e. The standard InChI is InChI=1S/C23H22ClFN2O4S/c1-3-22(31-18-11-7-16(25)8-12-18)23(28)26-17-9-13-19(14-10-17)32(29,30)27-21-6-4-5-20(24)15(21)2/h4-14,22,27H,3H2,1-2H3,(H,26,28)/t22-/m0/s1. The number of sulfonamides is 1. The van der Waals surface area contributed by atoms with Crippen molar-refractivity contribution in [3.05, 3.63) is 83.1 Å². The van der Waals surface area contributed by atoms with Crippen molar-refractivity contribution in [2.45, 2.75) is 31.3 Å². The van der Waals surface area contributed by atoms with Crippen LogP contribution in [-0.4, -0.2) is 20.4 Å². The van der Waals surface area contributed by atoms with E-state index in [-0.39, 0.29) is 4.90 Å². The van der Waals surface area contributed by atoms with E-state index in [1.54, 1.807) is 32.0 Å². The van der Waals surface area contributed by atoms with Crippen LogP contribution in [0.15, 0.2) is 71.6 Å². The Bertz CT molecular complexity index is 1200. The van der Waals surface area contributed by atoms with Gasteiger partial charge in [-0.2, -0.15) is 0 Å². The number of hydrogen-bond donors (Lipinski definition) is 2. The van der Waals surface area contributed by atoms with Gasteiger partial charge in [-0.05, 0) is 79.6 Å². The molecule has 0 aliphatic rings. The number of nitrogens with one attached hydrogen (secondary N) is 2. The largest absolute Gasteiger partial charge is 0.481 e. The van der Waals surface area contributed by atoms with Gasteiger partial charge < -0.3 is 10.1 Å². The number of carbonyl (C=O) groups is 1. The predicted molar refractivity (Wildman–Crippen MR) is 123 cm³/mol. The first kappa shape index (κ1) is 23.6. The molecule has 0 aliphatic heterocycles. The van der Waals surface area contributed by atoms with E-state index in [0.717, 1.165) is 0 Å². The molecule has 0 fully saturated rings. The van der Waals surface area contributed by atoms with E-state index in [4.69, 9.17) is 16.3 Å². The third kappa shape index (κ3) is 5.77. The average Bonchev–Trinajstić information content (AvgIpc) is 2.76. The second-order valence-electron chi connectivity index (χ2n) is 7.00. The summed E-state index contributed by atoms with van der Waals surface area (Å²) in [7, 11) is -3.84. The summed E-state index contributed by atoms with van der Waals surface area (Å²) in [5, 5.41) is 3.15. The van der Waals surface area contributed by atoms with Gasteiger partial charge in [0.05, 0.1) is 10.6 Å². The fraction of sp³-hybridized carbons (Fsp3) is 0.174. The van der Waals surface area contributed by atoms with Gasteiger partial charge in [-0.1, -0.05) is 24.6 Å². The third-order valence-corrected chi connectivity index (χ3v) is 6.49. The summed E-state index contributed by atoms with van der Waals surface area (Å²) in [4.78, 5) is 12.6. The van der Waals surface area contributed by atoms with Gasteiger partial charge in [0.25, 0.3) is 15.9 Å². The Balaban J connectivity index is 1.68. The summed E-state index contributed by atoms with van der Waals surface area (Å²) in [6, 6.07) is 16.1. The van der Waals surface area contributed by atoms with Gasteiger partial charge in [0, 0.05) is 10.7 Å². The first-order chi connectivity index (χ1) is 15.2. The Kier molecular flexibility index (Phi) is 7.37. The zero-order valence-electron chi connectivity index (χ0n) is 17.4. The Labute approximate surface area is 191 Å². The average molecular weight is 477 g/mol. The summed E-state index contributed by atoms with van der Waals surface area (Å²) in [5.74, 6) is -0.428. The van der Waals surface area contributed by atoms with Crippen molar-refractivity contribution in [2.24, 2.45) is 0 Å². The Morgan fingerprint density at radius 2 is 1.72 bits per heavy atom. The lowest BCUT2D eigenvalue weighted by atomic mass is 10.2. The zero-order chi connectivity index (χ0) is 23.3. The number of amides is 1. The lowest BCUT2D eigenvalue weighted by molar-refractivity contribution is -0.122. The molecular weight excluding hydrogens is 455 g/mol. The number of halogens is 2. The maximum atomic E-state index is 13.0. The van der Waals surface area contributed by atoms with Gasteiger partial charge in [-0.25, -0.2) is 12.8 Å². The molecule has 0 aromatic heterocycles. The lowest BCUT2D eigenvalue weighted by Crippen LogP contribution is -2.32. The highest BCUT2D eigenvalue weighted by atomic mass is 35.5. The molecule has 0 radical (unpaired) electrons. The monoisotopic (exact) mass is 476 g/mol. The maximum absolute atomic E-state index is 13.0. The number of ether oxygens (including phenoxy) is 1. The van der Waals surface area contributed by atoms with Crippen molar-refractivity contribution in [1.29, 1.82) is 0 Å². The summed E-state index contributed by atoms with van der Waals surface area (Å²) in [5.41, 5.74) is 1.42. The first-order valence-electron chi connectivity index (χ1n) is 9.80. The highest BCUT2D eigenvalue weighted by Crippen LogP contribution is 2.26. The molecule has 0 heterocycles. The molecule has 0 saturated heterocycles. The molecule has 1 amide bonds. The highest BCUT2D eigenvalue weighted by Gasteiger charge is 2.20. The van der Waals surface area contributed by atoms with Crippen molar-refractivity contribution in [1.82, 2.24) is 0 Å². The minimum atomic E-state index is -3.84. The van der Waals surface area contributed by atoms with E-state index in [1.165, 1.54) is 48.5 Å². The summed E-state index contributed by atoms with van der Waals surface area (Å²) in [6.45, 7) is 3.50. The molecule has 9 heteroatoms. The normalized spacial score (nSPS) is 12.1. The minimum absolute atomic E-state index is 0.0319. The van der Waals surface area contributed by atoms with Crippen LogP contribution >= 0.6 is 11.6 Å². The van der Waals surface area contributed by atoms with Gasteiger partial charge in [-0.15, -0.1) is 0 Å². The molecule has 0 saturated carbocycles. The Morgan fingerprint density at radius 1 is 1.06 bits per heavy atom. The molecule has 168 valence electrons. The van der Waals surface area contributed by atoms with Gasteiger partial charge >= 0.3 is 0 Å². The summed E-state index contributed by atoms with van der Waals surface area (Å²) >= 11 is 6.05. The van der Waals surface area contributed by atoms with Crippen LogP contribution in [0.25, 0.3) is 0 Å². The molecular formula is C23H22ClFN2O4S. The zero-order valence-corrected chi connectivity index (χ0v) is 19.0. The fourth-order valence-electron chi connectivity index (χ4n) is 2.86. The molecule has 6 nitrogen and oxygen atoms in total. The van der Waals surface area contributed by atoms with E-state index >= 15 is 0 Å². The summed E-state index contributed by atoms with van der Waals surface area (Å²) < 4.78 is 46.6. The highest BCUT2D eigenvalue weighted by molar-refractivity contribution is 7.92. The van der Waals surface area contributed by atoms with Crippen LogP contribution in [0.2, 0.25) is 5.02 Å². The van der Waals surface area contributed by atoms with Gasteiger partial charge in [0.15, 0.2) is 6.10 Å². The first-order valence-corrected chi connectivity index (χ1v) is 11.7. The SMILES string of the molecule is CC[C@H](Oc1ccc(F)cc1)C(=O)Nc1ccc(S(=O)(=O)Nc2cccc(Cl)c2C)cc1. The molecule has 0 bridgehead atoms. The van der Waals surface area contributed by atoms with Gasteiger partial charge in [0.1, 0.15) is 11.6 Å². The van der Waals surface area contributed by atoms with Crippen LogP contribution in [0.4, 0.5) is 15.8 Å². The van der Waals surface area contributed by atoms with Crippen LogP contribution in [0.3, 0.4) is 0 Å². The molecule has 1 atom stereocenters. The van der Waals surface area contributed by atoms with Crippen LogP contribution in [0.1, 0.15) is 18.9 Å². The molecule has 32 heavy (non-hydrogen) atoms. The number of carbonyl (C=O) groups excluding carboxylic acids is 1. The van der Waals surface area contributed by atoms with Gasteiger partial charge in [-0.3, -0.25) is 9.52 Å². The number of hydrogen-bond acceptors (Lipinski definition) is 4. The molecule has 0 aliphatic carbocycles. The predicted octanol–water partition coefficient (Wildman–Crippen LogP) is 5.38. The van der Waals surface area contributed by atoms with Gasteiger partial charge in [0.2, 0.25) is 0 Å². The fourth-order valence-corrected chi connectivity index (χ4v) is 4.16. The molecule has 3 aromatic carbocycles. The van der Waals surface area contributed by atoms with Crippen molar-refractivity contribution >= 4 is 38.9 Å². The van der Waals surface area contributed by atoms with Crippen LogP contribution in [-0.2, 0) is 14.8 Å². The van der Waals surface area contributed by atoms with E-state index in [9.17, 15) is 17.6 Å². The third-order valence-electron chi connectivity index (χ3n) is 4.70. The quantitative estimate of drug-likeness (QED) is 0.457. The summed E-state index contributed by atoms with van der Waals surface area (Å²) in [6.07, 6.45) is -0.408. The topological polar surface area (TPSA) is 84.5 Å². The molecule has 3 rings (SSSR count). The Hall–Kier alpha value is -3.10. The van der Waals surface area contributed by atoms with Crippen molar-refractivity contribution in [2.75, 3.05) is 10.0 Å². The van der Waals surface area contributed by atoms with E-state index in [0.29, 0.717) is 34.1 Å². The van der Waals surface area contributed by atoms with E-state index in [1.807, 2.05) is 0 Å². The van der Waals surface area contributed by atoms with Crippen molar-refractivity contribution < 1.29 is 22.3 Å². The number of anilines is 2. The smallest absolute Gasteiger partial charge is 0.265 e. The van der Waals surface area contributed by atoms with E-state index in [2.05, 4.69) is 10.0 Å². The van der Waals surface area contributed by atoms with Crippen LogP contribution in [0.5, 0.6) is 5.75 Å². The molecule has 0 spiro atoms. The second-order valence-corrected chi connectivity index (χ2v) is 9.09. The Morgan fingerprint density at radius 3 is 2.34 bits per heavy atom.